The Labute approximate surface area is 125 Å². The van der Waals surface area contributed by atoms with Crippen molar-refractivity contribution in [2.75, 3.05) is 0 Å². The predicted molar refractivity (Wildman–Crippen MR) is 79.6 cm³/mol. The Kier molecular flexibility index (Phi) is 4.69. The molecule has 0 aliphatic carbocycles. The van der Waals surface area contributed by atoms with Gasteiger partial charge in [0.05, 0.1) is 5.69 Å². The van der Waals surface area contributed by atoms with Crippen LogP contribution in [-0.2, 0) is 5.75 Å². The van der Waals surface area contributed by atoms with E-state index in [0.29, 0.717) is 10.8 Å². The van der Waals surface area contributed by atoms with Crippen LogP contribution in [0.3, 0.4) is 0 Å². The Bertz CT molecular complexity index is 618. The molecule has 2 rings (SSSR count). The number of aryl methyl sites for hydroxylation is 2. The Morgan fingerprint density at radius 1 is 1.30 bits per heavy atom. The lowest BCUT2D eigenvalue weighted by Gasteiger charge is -2.05. The van der Waals surface area contributed by atoms with Crippen LogP contribution in [0, 0.1) is 20.8 Å². The van der Waals surface area contributed by atoms with Crippen LogP contribution in [0.5, 0.6) is 0 Å². The van der Waals surface area contributed by atoms with Gasteiger partial charge in [0.25, 0.3) is 5.91 Å². The van der Waals surface area contributed by atoms with Gasteiger partial charge in [-0.1, -0.05) is 11.8 Å². The van der Waals surface area contributed by atoms with Crippen molar-refractivity contribution in [3.63, 3.8) is 0 Å². The monoisotopic (exact) mass is 309 g/mol. The fraction of sp³-hybridized carbons (Fsp3) is 0.333. The molecule has 0 saturated heterocycles. The summed E-state index contributed by atoms with van der Waals surface area (Å²) in [5.41, 5.74) is 5.98. The van der Waals surface area contributed by atoms with E-state index in [-0.39, 0.29) is 5.91 Å². The molecule has 2 aromatic rings. The van der Waals surface area contributed by atoms with E-state index < -0.39 is 0 Å². The highest BCUT2D eigenvalue weighted by Crippen LogP contribution is 2.22. The van der Waals surface area contributed by atoms with Crippen molar-refractivity contribution < 1.29 is 4.79 Å². The molecule has 0 radical (unpaired) electrons. The number of thioether (sulfide) groups is 1. The van der Waals surface area contributed by atoms with Gasteiger partial charge in [0.1, 0.15) is 0 Å². The zero-order valence-corrected chi connectivity index (χ0v) is 13.1. The van der Waals surface area contributed by atoms with Gasteiger partial charge in [0, 0.05) is 22.5 Å². The van der Waals surface area contributed by atoms with Crippen LogP contribution in [-0.4, -0.2) is 20.9 Å². The Balaban J connectivity index is 2.05. The number of aromatic nitrogens is 3. The molecule has 0 bridgehead atoms. The van der Waals surface area contributed by atoms with Gasteiger partial charge in [0.15, 0.2) is 10.2 Å². The van der Waals surface area contributed by atoms with Crippen molar-refractivity contribution in [2.45, 2.75) is 31.7 Å². The molecular weight excluding hydrogens is 294 g/mol. The molecule has 106 valence electrons. The van der Waals surface area contributed by atoms with Crippen LogP contribution >= 0.6 is 23.1 Å². The fourth-order valence-electron chi connectivity index (χ4n) is 1.48. The average molecular weight is 309 g/mol. The van der Waals surface area contributed by atoms with E-state index in [4.69, 9.17) is 5.84 Å². The number of hydrogen-bond acceptors (Lipinski definition) is 7. The molecule has 2 heterocycles. The van der Waals surface area contributed by atoms with Crippen LogP contribution in [0.1, 0.15) is 32.4 Å². The summed E-state index contributed by atoms with van der Waals surface area (Å²) in [4.78, 5) is 24.4. The lowest BCUT2D eigenvalue weighted by molar-refractivity contribution is 0.0953. The highest BCUT2D eigenvalue weighted by Gasteiger charge is 2.11. The van der Waals surface area contributed by atoms with E-state index in [0.717, 1.165) is 27.8 Å². The normalized spacial score (nSPS) is 10.6. The van der Waals surface area contributed by atoms with E-state index in [1.165, 1.54) is 23.1 Å². The number of hydrogen-bond donors (Lipinski definition) is 2. The zero-order valence-electron chi connectivity index (χ0n) is 11.4. The second-order valence-corrected chi connectivity index (χ2v) is 6.01. The average Bonchev–Trinajstić information content (AvgIpc) is 2.90. The largest absolute Gasteiger partial charge is 0.294 e. The van der Waals surface area contributed by atoms with Crippen molar-refractivity contribution in [3.8, 4) is 0 Å². The Morgan fingerprint density at radius 2 is 1.95 bits per heavy atom. The highest BCUT2D eigenvalue weighted by molar-refractivity contribution is 7.98. The molecule has 0 fully saturated rings. The van der Waals surface area contributed by atoms with Gasteiger partial charge in [-0.05, 0) is 26.3 Å². The summed E-state index contributed by atoms with van der Waals surface area (Å²) in [5, 5.41) is 2.93. The summed E-state index contributed by atoms with van der Waals surface area (Å²) in [6.07, 6.45) is 0. The van der Waals surface area contributed by atoms with Gasteiger partial charge in [0.2, 0.25) is 0 Å². The van der Waals surface area contributed by atoms with E-state index in [1.807, 2.05) is 26.2 Å². The second kappa shape index (κ2) is 6.29. The molecular formula is C12H15N5OS2. The highest BCUT2D eigenvalue weighted by atomic mass is 32.2. The number of amides is 1. The summed E-state index contributed by atoms with van der Waals surface area (Å²) in [6.45, 7) is 5.96. The van der Waals surface area contributed by atoms with Crippen LogP contribution in [0.4, 0.5) is 0 Å². The van der Waals surface area contributed by atoms with E-state index in [2.05, 4.69) is 20.4 Å². The van der Waals surface area contributed by atoms with Crippen molar-refractivity contribution in [3.05, 3.63) is 33.0 Å². The number of nitrogens with zero attached hydrogens (tertiary/aromatic N) is 3. The van der Waals surface area contributed by atoms with Gasteiger partial charge in [-0.3, -0.25) is 10.2 Å². The Hall–Kier alpha value is -1.51. The van der Waals surface area contributed by atoms with E-state index in [1.54, 1.807) is 0 Å². The fourth-order valence-corrected chi connectivity index (χ4v) is 3.14. The maximum absolute atomic E-state index is 11.3. The molecule has 0 atom stereocenters. The van der Waals surface area contributed by atoms with Crippen LogP contribution in [0.15, 0.2) is 10.5 Å². The van der Waals surface area contributed by atoms with Gasteiger partial charge < -0.3 is 0 Å². The topological polar surface area (TPSA) is 93.8 Å². The summed E-state index contributed by atoms with van der Waals surface area (Å²) in [6, 6.07) is 0. The molecule has 6 nitrogen and oxygen atoms in total. The molecule has 0 aliphatic rings. The number of nitrogens with two attached hydrogens (primary N) is 1. The molecule has 8 heteroatoms. The molecule has 1 amide bonds. The molecule has 3 N–H and O–H groups in total. The number of thiazole rings is 1. The summed E-state index contributed by atoms with van der Waals surface area (Å²) < 4.78 is 0. The quantitative estimate of drug-likeness (QED) is 0.294. The first-order valence-corrected chi connectivity index (χ1v) is 7.77. The minimum Gasteiger partial charge on any atom is -0.288 e. The zero-order chi connectivity index (χ0) is 14.7. The number of hydrazine groups is 1. The van der Waals surface area contributed by atoms with Gasteiger partial charge in [-0.25, -0.2) is 20.8 Å². The standard InChI is InChI=1S/C12H15N5OS2/c1-6-7(2)14-12(15-8(6)3)20-5-9-4-19-11(16-9)10(18)17-13/h4H,5,13H2,1-3H3,(H,17,18). The molecule has 20 heavy (non-hydrogen) atoms. The van der Waals surface area contributed by atoms with Crippen LogP contribution in [0.25, 0.3) is 0 Å². The van der Waals surface area contributed by atoms with E-state index >= 15 is 0 Å². The first kappa shape index (κ1) is 14.9. The van der Waals surface area contributed by atoms with Crippen LogP contribution in [0.2, 0.25) is 0 Å². The molecule has 0 spiro atoms. The molecule has 0 aliphatic heterocycles. The first-order chi connectivity index (χ1) is 9.51. The van der Waals surface area contributed by atoms with Crippen molar-refractivity contribution in [1.82, 2.24) is 20.4 Å². The van der Waals surface area contributed by atoms with E-state index in [9.17, 15) is 4.79 Å². The third-order valence-electron chi connectivity index (χ3n) is 2.84. The molecule has 0 saturated carbocycles. The minimum absolute atomic E-state index is 0.361. The van der Waals surface area contributed by atoms with Gasteiger partial charge >= 0.3 is 0 Å². The van der Waals surface area contributed by atoms with Crippen LogP contribution < -0.4 is 11.3 Å². The summed E-state index contributed by atoms with van der Waals surface area (Å²) >= 11 is 2.77. The van der Waals surface area contributed by atoms with Gasteiger partial charge in [-0.15, -0.1) is 11.3 Å². The number of rotatable bonds is 4. The third-order valence-corrected chi connectivity index (χ3v) is 4.61. The number of carbonyl (C=O) groups excluding carboxylic acids is 1. The maximum atomic E-state index is 11.3. The van der Waals surface area contributed by atoms with Gasteiger partial charge in [-0.2, -0.15) is 0 Å². The summed E-state index contributed by atoms with van der Waals surface area (Å²) in [5.74, 6) is 5.32. The molecule has 0 unspecified atom stereocenters. The minimum atomic E-state index is -0.371. The summed E-state index contributed by atoms with van der Waals surface area (Å²) in [7, 11) is 0. The second-order valence-electron chi connectivity index (χ2n) is 4.21. The van der Waals surface area contributed by atoms with Crippen molar-refractivity contribution >= 4 is 29.0 Å². The van der Waals surface area contributed by atoms with Crippen molar-refractivity contribution in [2.24, 2.45) is 5.84 Å². The molecule has 0 aromatic carbocycles. The SMILES string of the molecule is Cc1nc(SCc2csc(C(=O)NN)n2)nc(C)c1C. The lowest BCUT2D eigenvalue weighted by atomic mass is 10.2. The number of nitrogen functional groups attached to an aromatic ring is 1. The predicted octanol–water partition coefficient (Wildman–Crippen LogP) is 1.75. The Morgan fingerprint density at radius 3 is 2.55 bits per heavy atom. The first-order valence-electron chi connectivity index (χ1n) is 5.91. The smallest absolute Gasteiger partial charge is 0.288 e. The molecule has 2 aromatic heterocycles. The third kappa shape index (κ3) is 3.33. The lowest BCUT2D eigenvalue weighted by Crippen LogP contribution is -2.29. The number of carbonyl (C=O) groups is 1. The number of nitrogens with one attached hydrogen (secondary N) is 1. The van der Waals surface area contributed by atoms with Crippen molar-refractivity contribution in [1.29, 1.82) is 0 Å². The maximum Gasteiger partial charge on any atom is 0.294 e.